The molecule has 22 heavy (non-hydrogen) atoms. The maximum atomic E-state index is 12.8. The van der Waals surface area contributed by atoms with Crippen LogP contribution >= 0.6 is 0 Å². The van der Waals surface area contributed by atoms with Gasteiger partial charge in [0.25, 0.3) is 5.91 Å². The Morgan fingerprint density at radius 1 is 1.18 bits per heavy atom. The standard InChI is InChI=1S/C16H18FNO3S/c1-16(2,3)18-15(19)14-9-6-12(21-14)10-22(20)13-7-4-11(17)5-8-13/h4-9H,10H2,1-3H3,(H,18,19)/t22-/m0/s1. The van der Waals surface area contributed by atoms with Gasteiger partial charge in [-0.1, -0.05) is 0 Å². The van der Waals surface area contributed by atoms with E-state index in [0.29, 0.717) is 10.7 Å². The van der Waals surface area contributed by atoms with Crippen molar-refractivity contribution in [1.82, 2.24) is 5.32 Å². The first kappa shape index (κ1) is 16.4. The van der Waals surface area contributed by atoms with E-state index in [2.05, 4.69) is 5.32 Å². The molecule has 0 aliphatic carbocycles. The van der Waals surface area contributed by atoms with Crippen LogP contribution in [-0.4, -0.2) is 15.7 Å². The summed E-state index contributed by atoms with van der Waals surface area (Å²) in [5.41, 5.74) is -0.360. The zero-order valence-electron chi connectivity index (χ0n) is 12.7. The van der Waals surface area contributed by atoms with E-state index in [-0.39, 0.29) is 28.8 Å². The van der Waals surface area contributed by atoms with Gasteiger partial charge in [-0.05, 0) is 57.2 Å². The predicted octanol–water partition coefficient (Wildman–Crippen LogP) is 3.25. The number of carbonyl (C=O) groups is 1. The summed E-state index contributed by atoms with van der Waals surface area (Å²) in [7, 11) is -1.35. The highest BCUT2D eigenvalue weighted by Gasteiger charge is 2.18. The van der Waals surface area contributed by atoms with Crippen LogP contribution < -0.4 is 5.32 Å². The molecule has 0 fully saturated rings. The molecule has 1 amide bonds. The average molecular weight is 323 g/mol. The summed E-state index contributed by atoms with van der Waals surface area (Å²) in [6.45, 7) is 5.62. The van der Waals surface area contributed by atoms with Crippen molar-refractivity contribution in [2.45, 2.75) is 37.0 Å². The maximum absolute atomic E-state index is 12.8. The molecule has 2 rings (SSSR count). The quantitative estimate of drug-likeness (QED) is 0.939. The van der Waals surface area contributed by atoms with Crippen molar-refractivity contribution in [3.8, 4) is 0 Å². The van der Waals surface area contributed by atoms with Crippen molar-refractivity contribution in [2.24, 2.45) is 0 Å². The van der Waals surface area contributed by atoms with E-state index >= 15 is 0 Å². The van der Waals surface area contributed by atoms with E-state index in [0.717, 1.165) is 0 Å². The van der Waals surface area contributed by atoms with Gasteiger partial charge in [-0.25, -0.2) is 4.39 Å². The second kappa shape index (κ2) is 6.44. The second-order valence-corrected chi connectivity index (χ2v) is 7.36. The summed E-state index contributed by atoms with van der Waals surface area (Å²) in [5.74, 6) is 0.0722. The SMILES string of the molecule is CC(C)(C)NC(=O)c1ccc(C[S@](=O)c2ccc(F)cc2)o1. The molecule has 1 aromatic carbocycles. The Balaban J connectivity index is 2.04. The molecule has 2 aromatic rings. The Kier molecular flexibility index (Phi) is 4.81. The highest BCUT2D eigenvalue weighted by atomic mass is 32.2. The third-order valence-corrected chi connectivity index (χ3v) is 4.07. The Bertz CT molecular complexity index is 686. The zero-order valence-corrected chi connectivity index (χ0v) is 13.5. The Labute approximate surface area is 131 Å². The fourth-order valence-electron chi connectivity index (χ4n) is 1.78. The molecule has 0 aliphatic rings. The summed E-state index contributed by atoms with van der Waals surface area (Å²) in [6, 6.07) is 8.65. The monoisotopic (exact) mass is 323 g/mol. The van der Waals surface area contributed by atoms with Gasteiger partial charge in [-0.15, -0.1) is 0 Å². The topological polar surface area (TPSA) is 59.3 Å². The third kappa shape index (κ3) is 4.53. The van der Waals surface area contributed by atoms with Crippen LogP contribution in [0.5, 0.6) is 0 Å². The highest BCUT2D eigenvalue weighted by Crippen LogP contribution is 2.16. The lowest BCUT2D eigenvalue weighted by Gasteiger charge is -2.19. The van der Waals surface area contributed by atoms with Crippen molar-refractivity contribution >= 4 is 16.7 Å². The summed E-state index contributed by atoms with van der Waals surface area (Å²) in [6.07, 6.45) is 0. The van der Waals surface area contributed by atoms with Gasteiger partial charge in [-0.3, -0.25) is 9.00 Å². The number of benzene rings is 1. The number of nitrogens with one attached hydrogen (secondary N) is 1. The van der Waals surface area contributed by atoms with Crippen LogP contribution in [0.1, 0.15) is 37.1 Å². The molecule has 0 saturated heterocycles. The molecule has 0 radical (unpaired) electrons. The van der Waals surface area contributed by atoms with Gasteiger partial charge < -0.3 is 9.73 Å². The predicted molar refractivity (Wildman–Crippen MR) is 82.4 cm³/mol. The number of amides is 1. The van der Waals surface area contributed by atoms with Gasteiger partial charge in [-0.2, -0.15) is 0 Å². The average Bonchev–Trinajstić information content (AvgIpc) is 2.86. The first-order chi connectivity index (χ1) is 10.2. The smallest absolute Gasteiger partial charge is 0.287 e. The number of rotatable bonds is 4. The third-order valence-electron chi connectivity index (χ3n) is 2.72. The van der Waals surface area contributed by atoms with Gasteiger partial charge >= 0.3 is 0 Å². The van der Waals surface area contributed by atoms with E-state index in [1.165, 1.54) is 24.3 Å². The molecule has 0 spiro atoms. The van der Waals surface area contributed by atoms with Gasteiger partial charge in [0.1, 0.15) is 11.6 Å². The first-order valence-electron chi connectivity index (χ1n) is 6.80. The van der Waals surface area contributed by atoms with Gasteiger partial charge in [0.15, 0.2) is 5.76 Å². The van der Waals surface area contributed by atoms with Crippen LogP contribution in [-0.2, 0) is 16.6 Å². The van der Waals surface area contributed by atoms with Crippen molar-refractivity contribution in [1.29, 1.82) is 0 Å². The fraction of sp³-hybridized carbons (Fsp3) is 0.312. The lowest BCUT2D eigenvalue weighted by molar-refractivity contribution is 0.0889. The minimum absolute atomic E-state index is 0.133. The zero-order chi connectivity index (χ0) is 16.3. The minimum atomic E-state index is -1.35. The van der Waals surface area contributed by atoms with Crippen LogP contribution in [0, 0.1) is 5.82 Å². The summed E-state index contributed by atoms with van der Waals surface area (Å²) in [5, 5.41) is 2.79. The summed E-state index contributed by atoms with van der Waals surface area (Å²) < 4.78 is 30.4. The molecule has 1 N–H and O–H groups in total. The van der Waals surface area contributed by atoms with Gasteiger partial charge in [0, 0.05) is 10.4 Å². The highest BCUT2D eigenvalue weighted by molar-refractivity contribution is 7.84. The largest absolute Gasteiger partial charge is 0.455 e. The number of furan rings is 1. The molecule has 0 bridgehead atoms. The molecule has 6 heteroatoms. The molecule has 1 heterocycles. The van der Waals surface area contributed by atoms with E-state index in [1.807, 2.05) is 20.8 Å². The molecule has 118 valence electrons. The van der Waals surface area contributed by atoms with Crippen molar-refractivity contribution in [2.75, 3.05) is 0 Å². The van der Waals surface area contributed by atoms with Gasteiger partial charge in [0.05, 0.1) is 16.6 Å². The molecular weight excluding hydrogens is 305 g/mol. The number of halogens is 1. The second-order valence-electron chi connectivity index (χ2n) is 5.91. The normalized spacial score (nSPS) is 12.9. The van der Waals surface area contributed by atoms with Crippen LogP contribution in [0.25, 0.3) is 0 Å². The maximum Gasteiger partial charge on any atom is 0.287 e. The van der Waals surface area contributed by atoms with Gasteiger partial charge in [0.2, 0.25) is 0 Å². The lowest BCUT2D eigenvalue weighted by atomic mass is 10.1. The minimum Gasteiger partial charge on any atom is -0.455 e. The molecule has 1 aromatic heterocycles. The molecule has 0 aliphatic heterocycles. The Morgan fingerprint density at radius 2 is 1.82 bits per heavy atom. The van der Waals surface area contributed by atoms with E-state index in [9.17, 15) is 13.4 Å². The number of carbonyl (C=O) groups excluding carboxylic acids is 1. The lowest BCUT2D eigenvalue weighted by Crippen LogP contribution is -2.40. The fourth-order valence-corrected chi connectivity index (χ4v) is 2.80. The molecule has 0 unspecified atom stereocenters. The summed E-state index contributed by atoms with van der Waals surface area (Å²) in [4.78, 5) is 12.5. The Hall–Kier alpha value is -1.95. The molecular formula is C16H18FNO3S. The van der Waals surface area contributed by atoms with Crippen molar-refractivity contribution in [3.05, 3.63) is 53.7 Å². The van der Waals surface area contributed by atoms with E-state index < -0.39 is 10.8 Å². The van der Waals surface area contributed by atoms with E-state index in [4.69, 9.17) is 4.42 Å². The number of hydrogen-bond donors (Lipinski definition) is 1. The first-order valence-corrected chi connectivity index (χ1v) is 8.12. The van der Waals surface area contributed by atoms with Crippen molar-refractivity contribution < 1.29 is 17.8 Å². The molecule has 4 nitrogen and oxygen atoms in total. The number of hydrogen-bond acceptors (Lipinski definition) is 3. The molecule has 0 saturated carbocycles. The van der Waals surface area contributed by atoms with Crippen LogP contribution in [0.15, 0.2) is 45.7 Å². The van der Waals surface area contributed by atoms with Crippen molar-refractivity contribution in [3.63, 3.8) is 0 Å². The summed E-state index contributed by atoms with van der Waals surface area (Å²) >= 11 is 0. The van der Waals surface area contributed by atoms with E-state index in [1.54, 1.807) is 12.1 Å². The molecule has 1 atom stereocenters. The van der Waals surface area contributed by atoms with Crippen LogP contribution in [0.3, 0.4) is 0 Å². The Morgan fingerprint density at radius 3 is 2.41 bits per heavy atom. The van der Waals surface area contributed by atoms with Crippen LogP contribution in [0.4, 0.5) is 4.39 Å². The van der Waals surface area contributed by atoms with Crippen LogP contribution in [0.2, 0.25) is 0 Å².